The smallest absolute Gasteiger partial charge is 0.0704 e. The van der Waals surface area contributed by atoms with E-state index >= 15 is 0 Å². The molecular formula is C11H9BrS. The van der Waals surface area contributed by atoms with Gasteiger partial charge in [-0.2, -0.15) is 0 Å². The second-order valence-corrected chi connectivity index (χ2v) is 5.24. The van der Waals surface area contributed by atoms with Crippen LogP contribution in [-0.4, -0.2) is 0 Å². The summed E-state index contributed by atoms with van der Waals surface area (Å²) in [6, 6.07) is 10.6. The fraction of sp³-hybridized carbons (Fsp3) is 0.0909. The molecule has 0 aliphatic carbocycles. The van der Waals surface area contributed by atoms with Crippen molar-refractivity contribution in [3.8, 4) is 11.1 Å². The molecule has 2 aromatic rings. The third kappa shape index (κ3) is 1.84. The summed E-state index contributed by atoms with van der Waals surface area (Å²) in [4.78, 5) is 0. The maximum absolute atomic E-state index is 3.47. The first-order valence-corrected chi connectivity index (χ1v) is 5.74. The molecule has 0 saturated carbocycles. The third-order valence-electron chi connectivity index (χ3n) is 2.02. The van der Waals surface area contributed by atoms with E-state index in [1.807, 2.05) is 0 Å². The van der Waals surface area contributed by atoms with Crippen molar-refractivity contribution >= 4 is 27.3 Å². The van der Waals surface area contributed by atoms with E-state index in [1.165, 1.54) is 20.5 Å². The lowest BCUT2D eigenvalue weighted by atomic mass is 10.0. The van der Waals surface area contributed by atoms with Crippen molar-refractivity contribution in [2.45, 2.75) is 6.92 Å². The van der Waals surface area contributed by atoms with Crippen LogP contribution in [0.4, 0.5) is 0 Å². The first kappa shape index (κ1) is 8.97. The SMILES string of the molecule is Cc1ccccc1-c1csc(Br)c1. The minimum atomic E-state index is 1.19. The first-order valence-electron chi connectivity index (χ1n) is 4.07. The molecule has 0 aliphatic heterocycles. The lowest BCUT2D eigenvalue weighted by Crippen LogP contribution is -1.78. The Labute approximate surface area is 90.4 Å². The van der Waals surface area contributed by atoms with E-state index in [2.05, 4.69) is 58.6 Å². The lowest BCUT2D eigenvalue weighted by molar-refractivity contribution is 1.47. The summed E-state index contributed by atoms with van der Waals surface area (Å²) in [5, 5.41) is 2.17. The van der Waals surface area contributed by atoms with Crippen LogP contribution in [0.1, 0.15) is 5.56 Å². The molecule has 0 radical (unpaired) electrons. The highest BCUT2D eigenvalue weighted by molar-refractivity contribution is 9.11. The van der Waals surface area contributed by atoms with Crippen LogP contribution < -0.4 is 0 Å². The fourth-order valence-corrected chi connectivity index (χ4v) is 2.50. The second kappa shape index (κ2) is 3.64. The molecule has 1 aromatic heterocycles. The van der Waals surface area contributed by atoms with Gasteiger partial charge in [-0.1, -0.05) is 24.3 Å². The molecule has 13 heavy (non-hydrogen) atoms. The van der Waals surface area contributed by atoms with Crippen LogP contribution in [0.3, 0.4) is 0 Å². The van der Waals surface area contributed by atoms with Crippen LogP contribution in [0.15, 0.2) is 39.5 Å². The summed E-state index contributed by atoms with van der Waals surface area (Å²) in [5.74, 6) is 0. The molecule has 0 atom stereocenters. The van der Waals surface area contributed by atoms with Gasteiger partial charge >= 0.3 is 0 Å². The quantitative estimate of drug-likeness (QED) is 0.702. The van der Waals surface area contributed by atoms with Crippen molar-refractivity contribution in [2.24, 2.45) is 0 Å². The van der Waals surface area contributed by atoms with E-state index in [4.69, 9.17) is 0 Å². The van der Waals surface area contributed by atoms with Gasteiger partial charge in [-0.05, 0) is 51.0 Å². The highest BCUT2D eigenvalue weighted by Gasteiger charge is 2.02. The molecule has 0 saturated heterocycles. The van der Waals surface area contributed by atoms with Gasteiger partial charge in [0.2, 0.25) is 0 Å². The number of rotatable bonds is 1. The Morgan fingerprint density at radius 2 is 2.00 bits per heavy atom. The molecule has 0 fully saturated rings. The topological polar surface area (TPSA) is 0 Å². The zero-order valence-corrected chi connectivity index (χ0v) is 9.65. The van der Waals surface area contributed by atoms with Gasteiger partial charge in [0.25, 0.3) is 0 Å². The van der Waals surface area contributed by atoms with Crippen LogP contribution in [0.2, 0.25) is 0 Å². The monoisotopic (exact) mass is 252 g/mol. The molecule has 0 unspecified atom stereocenters. The van der Waals surface area contributed by atoms with Crippen molar-refractivity contribution in [3.63, 3.8) is 0 Å². The molecule has 0 nitrogen and oxygen atoms in total. The standard InChI is InChI=1S/C11H9BrS/c1-8-4-2-3-5-10(8)9-6-11(12)13-7-9/h2-7H,1H3. The van der Waals surface area contributed by atoms with Crippen molar-refractivity contribution in [2.75, 3.05) is 0 Å². The summed E-state index contributed by atoms with van der Waals surface area (Å²) < 4.78 is 1.19. The molecule has 66 valence electrons. The van der Waals surface area contributed by atoms with Gasteiger partial charge in [-0.15, -0.1) is 11.3 Å². The summed E-state index contributed by atoms with van der Waals surface area (Å²) in [7, 11) is 0. The van der Waals surface area contributed by atoms with E-state index in [0.29, 0.717) is 0 Å². The zero-order chi connectivity index (χ0) is 9.26. The minimum absolute atomic E-state index is 1.19. The lowest BCUT2D eigenvalue weighted by Gasteiger charge is -2.01. The Hall–Kier alpha value is -0.600. The Morgan fingerprint density at radius 3 is 2.62 bits per heavy atom. The van der Waals surface area contributed by atoms with Crippen LogP contribution in [0.5, 0.6) is 0 Å². The van der Waals surface area contributed by atoms with Gasteiger partial charge in [-0.3, -0.25) is 0 Å². The molecule has 0 bridgehead atoms. The van der Waals surface area contributed by atoms with E-state index < -0.39 is 0 Å². The van der Waals surface area contributed by atoms with Gasteiger partial charge in [0.1, 0.15) is 0 Å². The van der Waals surface area contributed by atoms with E-state index in [1.54, 1.807) is 11.3 Å². The summed E-state index contributed by atoms with van der Waals surface area (Å²) in [6.07, 6.45) is 0. The molecule has 2 heteroatoms. The van der Waals surface area contributed by atoms with Gasteiger partial charge in [0.05, 0.1) is 3.79 Å². The van der Waals surface area contributed by atoms with Crippen molar-refractivity contribution in [1.29, 1.82) is 0 Å². The van der Waals surface area contributed by atoms with Crippen molar-refractivity contribution in [3.05, 3.63) is 45.1 Å². The third-order valence-corrected chi connectivity index (χ3v) is 3.53. The van der Waals surface area contributed by atoms with Crippen LogP contribution >= 0.6 is 27.3 Å². The molecule has 0 amide bonds. The van der Waals surface area contributed by atoms with E-state index in [-0.39, 0.29) is 0 Å². The molecule has 0 N–H and O–H groups in total. The Kier molecular flexibility index (Phi) is 2.51. The zero-order valence-electron chi connectivity index (χ0n) is 7.25. The highest BCUT2D eigenvalue weighted by atomic mass is 79.9. The van der Waals surface area contributed by atoms with Gasteiger partial charge in [0, 0.05) is 0 Å². The maximum Gasteiger partial charge on any atom is 0.0704 e. The van der Waals surface area contributed by atoms with Gasteiger partial charge in [-0.25, -0.2) is 0 Å². The molecule has 0 aliphatic rings. The Balaban J connectivity index is 2.52. The van der Waals surface area contributed by atoms with E-state index in [0.717, 1.165) is 0 Å². The Morgan fingerprint density at radius 1 is 1.23 bits per heavy atom. The number of hydrogen-bond acceptors (Lipinski definition) is 1. The van der Waals surface area contributed by atoms with Crippen molar-refractivity contribution < 1.29 is 0 Å². The highest BCUT2D eigenvalue weighted by Crippen LogP contribution is 2.30. The van der Waals surface area contributed by atoms with Crippen LogP contribution in [0.25, 0.3) is 11.1 Å². The predicted octanol–water partition coefficient (Wildman–Crippen LogP) is 4.49. The average Bonchev–Trinajstić information content (AvgIpc) is 2.53. The summed E-state index contributed by atoms with van der Waals surface area (Å²) in [5.41, 5.74) is 3.95. The fourth-order valence-electron chi connectivity index (χ4n) is 1.35. The number of hydrogen-bond donors (Lipinski definition) is 0. The molecule has 1 aromatic carbocycles. The predicted molar refractivity (Wildman–Crippen MR) is 62.2 cm³/mol. The molecular weight excluding hydrogens is 244 g/mol. The van der Waals surface area contributed by atoms with Gasteiger partial charge < -0.3 is 0 Å². The molecule has 0 spiro atoms. The van der Waals surface area contributed by atoms with Crippen LogP contribution in [-0.2, 0) is 0 Å². The number of aryl methyl sites for hydroxylation is 1. The molecule has 1 heterocycles. The minimum Gasteiger partial charge on any atom is -0.136 e. The number of thiophene rings is 1. The summed E-state index contributed by atoms with van der Waals surface area (Å²) >= 11 is 5.20. The van der Waals surface area contributed by atoms with Gasteiger partial charge in [0.15, 0.2) is 0 Å². The number of halogens is 1. The van der Waals surface area contributed by atoms with Crippen molar-refractivity contribution in [1.82, 2.24) is 0 Å². The maximum atomic E-state index is 3.47. The largest absolute Gasteiger partial charge is 0.136 e. The number of benzene rings is 1. The first-order chi connectivity index (χ1) is 6.27. The van der Waals surface area contributed by atoms with E-state index in [9.17, 15) is 0 Å². The summed E-state index contributed by atoms with van der Waals surface area (Å²) in [6.45, 7) is 2.14. The van der Waals surface area contributed by atoms with Crippen LogP contribution in [0, 0.1) is 6.92 Å². The second-order valence-electron chi connectivity index (χ2n) is 2.95. The average molecular weight is 253 g/mol. The molecule has 2 rings (SSSR count). The Bertz CT molecular complexity index is 418. The normalized spacial score (nSPS) is 10.3.